The van der Waals surface area contributed by atoms with Gasteiger partial charge in [0.05, 0.1) is 0 Å². The highest BCUT2D eigenvalue weighted by atomic mass is 16.6. The van der Waals surface area contributed by atoms with Crippen molar-refractivity contribution in [1.29, 1.82) is 0 Å². The molecule has 0 aliphatic rings. The third-order valence-corrected chi connectivity index (χ3v) is 3.31. The second kappa shape index (κ2) is 13.9. The molecule has 0 saturated carbocycles. The number of esters is 2. The van der Waals surface area contributed by atoms with Crippen LogP contribution in [-0.4, -0.2) is 24.6 Å². The third-order valence-electron chi connectivity index (χ3n) is 3.31. The van der Waals surface area contributed by atoms with E-state index in [0.717, 1.165) is 51.4 Å². The first-order valence-electron chi connectivity index (χ1n) is 8.49. The lowest BCUT2D eigenvalue weighted by molar-refractivity contribution is -0.159. The van der Waals surface area contributed by atoms with E-state index in [9.17, 15) is 9.59 Å². The van der Waals surface area contributed by atoms with Crippen LogP contribution in [0.25, 0.3) is 0 Å². The van der Waals surface area contributed by atoms with Crippen molar-refractivity contribution in [1.82, 2.24) is 0 Å². The van der Waals surface area contributed by atoms with Crippen LogP contribution in [0.15, 0.2) is 0 Å². The second-order valence-electron chi connectivity index (χ2n) is 5.50. The van der Waals surface area contributed by atoms with Gasteiger partial charge in [0, 0.05) is 12.8 Å². The van der Waals surface area contributed by atoms with Crippen LogP contribution in [0.2, 0.25) is 0 Å². The first-order chi connectivity index (χ1) is 10.1. The Hall–Kier alpha value is -1.06. The van der Waals surface area contributed by atoms with Gasteiger partial charge in [0.1, 0.15) is 12.7 Å². The Balaban J connectivity index is 3.94. The molecule has 0 aromatic rings. The minimum atomic E-state index is -0.292. The van der Waals surface area contributed by atoms with Gasteiger partial charge in [0.2, 0.25) is 0 Å². The Morgan fingerprint density at radius 1 is 0.810 bits per heavy atom. The fourth-order valence-corrected chi connectivity index (χ4v) is 2.04. The summed E-state index contributed by atoms with van der Waals surface area (Å²) < 4.78 is 10.6. The van der Waals surface area contributed by atoms with Gasteiger partial charge in [0.15, 0.2) is 0 Å². The number of carbonyl (C=O) groups excluding carboxylic acids is 2. The highest BCUT2D eigenvalue weighted by molar-refractivity contribution is 5.70. The number of hydrogen-bond acceptors (Lipinski definition) is 4. The van der Waals surface area contributed by atoms with Crippen LogP contribution in [0.4, 0.5) is 0 Å². The van der Waals surface area contributed by atoms with Crippen LogP contribution < -0.4 is 0 Å². The van der Waals surface area contributed by atoms with E-state index in [1.165, 1.54) is 0 Å². The summed E-state index contributed by atoms with van der Waals surface area (Å²) in [7, 11) is 0. The van der Waals surface area contributed by atoms with Crippen molar-refractivity contribution in [2.75, 3.05) is 6.61 Å². The molecule has 0 aliphatic carbocycles. The van der Waals surface area contributed by atoms with E-state index in [-0.39, 0.29) is 24.6 Å². The Bertz CT molecular complexity index is 276. The van der Waals surface area contributed by atoms with Gasteiger partial charge in [-0.25, -0.2) is 0 Å². The lowest BCUT2D eigenvalue weighted by Crippen LogP contribution is -2.25. The topological polar surface area (TPSA) is 52.6 Å². The molecule has 0 aromatic heterocycles. The normalized spacial score (nSPS) is 12.0. The van der Waals surface area contributed by atoms with Crippen molar-refractivity contribution in [2.24, 2.45) is 0 Å². The van der Waals surface area contributed by atoms with Crippen molar-refractivity contribution < 1.29 is 19.1 Å². The maximum absolute atomic E-state index is 11.7. The number of hydrogen-bond donors (Lipinski definition) is 0. The molecular formula is C17H32O4. The number of rotatable bonds is 13. The summed E-state index contributed by atoms with van der Waals surface area (Å²) >= 11 is 0. The molecule has 1 unspecified atom stereocenters. The monoisotopic (exact) mass is 300 g/mol. The number of unbranched alkanes of at least 4 members (excludes halogenated alkanes) is 4. The number of ether oxygens (including phenoxy) is 2. The van der Waals surface area contributed by atoms with Crippen LogP contribution in [0, 0.1) is 0 Å². The van der Waals surface area contributed by atoms with Crippen molar-refractivity contribution in [2.45, 2.75) is 91.1 Å². The zero-order chi connectivity index (χ0) is 15.9. The summed E-state index contributed by atoms with van der Waals surface area (Å²) in [6, 6.07) is 0. The lowest BCUT2D eigenvalue weighted by atomic mass is 10.2. The lowest BCUT2D eigenvalue weighted by Gasteiger charge is -2.17. The quantitative estimate of drug-likeness (QED) is 0.373. The van der Waals surface area contributed by atoms with E-state index in [1.54, 1.807) is 0 Å². The van der Waals surface area contributed by atoms with E-state index in [1.807, 2.05) is 6.92 Å². The first kappa shape index (κ1) is 19.9. The molecule has 4 nitrogen and oxygen atoms in total. The Morgan fingerprint density at radius 2 is 1.38 bits per heavy atom. The Morgan fingerprint density at radius 3 is 1.90 bits per heavy atom. The molecule has 4 heteroatoms. The van der Waals surface area contributed by atoms with Gasteiger partial charge in [-0.1, -0.05) is 52.9 Å². The van der Waals surface area contributed by atoms with Gasteiger partial charge < -0.3 is 9.47 Å². The summed E-state index contributed by atoms with van der Waals surface area (Å²) in [6.45, 7) is 6.42. The van der Waals surface area contributed by atoms with Gasteiger partial charge in [-0.3, -0.25) is 9.59 Å². The minimum Gasteiger partial charge on any atom is -0.462 e. The van der Waals surface area contributed by atoms with Crippen molar-refractivity contribution in [3.05, 3.63) is 0 Å². The molecule has 0 aromatic carbocycles. The first-order valence-corrected chi connectivity index (χ1v) is 8.49. The van der Waals surface area contributed by atoms with Crippen LogP contribution in [-0.2, 0) is 19.1 Å². The molecule has 1 atom stereocenters. The summed E-state index contributed by atoms with van der Waals surface area (Å²) in [5.41, 5.74) is 0. The van der Waals surface area contributed by atoms with Crippen LogP contribution >= 0.6 is 0 Å². The molecule has 0 heterocycles. The minimum absolute atomic E-state index is 0.177. The van der Waals surface area contributed by atoms with Crippen molar-refractivity contribution in [3.63, 3.8) is 0 Å². The molecule has 21 heavy (non-hydrogen) atoms. The van der Waals surface area contributed by atoms with Crippen molar-refractivity contribution >= 4 is 11.9 Å². The standard InChI is InChI=1S/C17H32O4/c1-4-7-9-12-16(18)20-14-15(11-6-3)21-17(19)13-10-8-5-2/h15H,4-14H2,1-3H3. The third kappa shape index (κ3) is 12.4. The van der Waals surface area contributed by atoms with Crippen molar-refractivity contribution in [3.8, 4) is 0 Å². The predicted molar refractivity (Wildman–Crippen MR) is 84.0 cm³/mol. The molecule has 0 aliphatic heterocycles. The zero-order valence-corrected chi connectivity index (χ0v) is 14.0. The van der Waals surface area contributed by atoms with Crippen LogP contribution in [0.5, 0.6) is 0 Å². The summed E-state index contributed by atoms with van der Waals surface area (Å²) in [5, 5.41) is 0. The highest BCUT2D eigenvalue weighted by Gasteiger charge is 2.15. The van der Waals surface area contributed by atoms with E-state index >= 15 is 0 Å². The number of carbonyl (C=O) groups is 2. The van der Waals surface area contributed by atoms with E-state index < -0.39 is 0 Å². The summed E-state index contributed by atoms with van der Waals surface area (Å²) in [5.74, 6) is -0.365. The molecule has 0 fully saturated rings. The molecule has 0 bridgehead atoms. The second-order valence-corrected chi connectivity index (χ2v) is 5.50. The summed E-state index contributed by atoms with van der Waals surface area (Å²) in [4.78, 5) is 23.3. The Kier molecular flexibility index (Phi) is 13.2. The van der Waals surface area contributed by atoms with Gasteiger partial charge in [0.25, 0.3) is 0 Å². The molecular weight excluding hydrogens is 268 g/mol. The average molecular weight is 300 g/mol. The molecule has 0 saturated heterocycles. The van der Waals surface area contributed by atoms with Gasteiger partial charge in [-0.15, -0.1) is 0 Å². The molecule has 124 valence electrons. The fraction of sp³-hybridized carbons (Fsp3) is 0.882. The molecule has 0 rings (SSSR count). The van der Waals surface area contributed by atoms with Gasteiger partial charge >= 0.3 is 11.9 Å². The van der Waals surface area contributed by atoms with E-state index in [2.05, 4.69) is 13.8 Å². The smallest absolute Gasteiger partial charge is 0.306 e. The van der Waals surface area contributed by atoms with Crippen LogP contribution in [0.3, 0.4) is 0 Å². The molecule has 0 N–H and O–H groups in total. The van der Waals surface area contributed by atoms with Gasteiger partial charge in [-0.2, -0.15) is 0 Å². The predicted octanol–water partition coefficient (Wildman–Crippen LogP) is 4.40. The highest BCUT2D eigenvalue weighted by Crippen LogP contribution is 2.09. The zero-order valence-electron chi connectivity index (χ0n) is 14.0. The maximum Gasteiger partial charge on any atom is 0.306 e. The molecule has 0 spiro atoms. The SMILES string of the molecule is CCCCCC(=O)OCC(CCC)OC(=O)CCCCC. The van der Waals surface area contributed by atoms with E-state index in [0.29, 0.717) is 12.8 Å². The fourth-order valence-electron chi connectivity index (χ4n) is 2.04. The maximum atomic E-state index is 11.7. The van der Waals surface area contributed by atoms with E-state index in [4.69, 9.17) is 9.47 Å². The largest absolute Gasteiger partial charge is 0.462 e. The molecule has 0 amide bonds. The molecule has 0 radical (unpaired) electrons. The Labute approximate surface area is 129 Å². The van der Waals surface area contributed by atoms with Gasteiger partial charge in [-0.05, 0) is 19.3 Å². The van der Waals surface area contributed by atoms with Crippen LogP contribution in [0.1, 0.15) is 85.0 Å². The average Bonchev–Trinajstić information content (AvgIpc) is 2.45. The summed E-state index contributed by atoms with van der Waals surface area (Å²) in [6.07, 6.45) is 8.24.